The van der Waals surface area contributed by atoms with Gasteiger partial charge in [-0.1, -0.05) is 6.92 Å². The van der Waals surface area contributed by atoms with Crippen molar-refractivity contribution in [3.63, 3.8) is 0 Å². The number of nitrogens with one attached hydrogen (secondary N) is 1. The van der Waals surface area contributed by atoms with Gasteiger partial charge in [-0.05, 0) is 31.9 Å². The van der Waals surface area contributed by atoms with Crippen LogP contribution in [-0.4, -0.2) is 22.2 Å². The molecular formula is C11H19N3O. The zero-order valence-electron chi connectivity index (χ0n) is 9.54. The normalized spacial score (nSPS) is 14.7. The van der Waals surface area contributed by atoms with Crippen molar-refractivity contribution in [2.75, 3.05) is 17.7 Å². The van der Waals surface area contributed by atoms with E-state index in [1.54, 1.807) is 6.20 Å². The van der Waals surface area contributed by atoms with Gasteiger partial charge in [-0.3, -0.25) is 0 Å². The van der Waals surface area contributed by atoms with E-state index < -0.39 is 0 Å². The van der Waals surface area contributed by atoms with E-state index in [-0.39, 0.29) is 12.1 Å². The second-order valence-electron chi connectivity index (χ2n) is 4.12. The molecule has 0 aliphatic rings. The zero-order chi connectivity index (χ0) is 11.5. The number of anilines is 2. The fourth-order valence-electron chi connectivity index (χ4n) is 1.18. The molecule has 4 N–H and O–H groups in total. The van der Waals surface area contributed by atoms with Gasteiger partial charge in [0.15, 0.2) is 0 Å². The van der Waals surface area contributed by atoms with Crippen LogP contribution < -0.4 is 11.1 Å². The molecular weight excluding hydrogens is 190 g/mol. The minimum Gasteiger partial charge on any atom is -0.397 e. The molecule has 84 valence electrons. The van der Waals surface area contributed by atoms with Crippen molar-refractivity contribution in [2.24, 2.45) is 0 Å². The summed E-state index contributed by atoms with van der Waals surface area (Å²) in [5.74, 6) is 0.750. The van der Waals surface area contributed by atoms with Gasteiger partial charge in [0.1, 0.15) is 5.82 Å². The number of hydrogen-bond donors (Lipinski definition) is 3. The van der Waals surface area contributed by atoms with Crippen LogP contribution in [-0.2, 0) is 0 Å². The predicted molar refractivity (Wildman–Crippen MR) is 62.8 cm³/mol. The standard InChI is InChI=1S/C11H19N3O/c1-4-11(3,7-15)14-10-5-8(2)9(12)6-13-10/h5-6,15H,4,7,12H2,1-3H3,(H,13,14). The van der Waals surface area contributed by atoms with Crippen molar-refractivity contribution in [2.45, 2.75) is 32.7 Å². The Morgan fingerprint density at radius 3 is 2.73 bits per heavy atom. The maximum absolute atomic E-state index is 9.26. The van der Waals surface area contributed by atoms with Crippen LogP contribution in [0.3, 0.4) is 0 Å². The zero-order valence-corrected chi connectivity index (χ0v) is 9.54. The Bertz CT molecular complexity index is 335. The Kier molecular flexibility index (Phi) is 3.52. The SMILES string of the molecule is CCC(C)(CO)Nc1cc(C)c(N)cn1. The maximum Gasteiger partial charge on any atom is 0.126 e. The van der Waals surface area contributed by atoms with Gasteiger partial charge in [-0.25, -0.2) is 4.98 Å². The molecule has 0 fully saturated rings. The molecule has 0 radical (unpaired) electrons. The van der Waals surface area contributed by atoms with Gasteiger partial charge in [-0.2, -0.15) is 0 Å². The first-order valence-corrected chi connectivity index (χ1v) is 5.12. The van der Waals surface area contributed by atoms with E-state index >= 15 is 0 Å². The molecule has 1 aromatic heterocycles. The molecule has 0 saturated carbocycles. The average Bonchev–Trinajstić information content (AvgIpc) is 2.23. The smallest absolute Gasteiger partial charge is 0.126 e. The molecule has 0 saturated heterocycles. The lowest BCUT2D eigenvalue weighted by atomic mass is 10.0. The summed E-state index contributed by atoms with van der Waals surface area (Å²) in [6.45, 7) is 5.99. The lowest BCUT2D eigenvalue weighted by Crippen LogP contribution is -2.38. The molecule has 1 rings (SSSR count). The second kappa shape index (κ2) is 4.49. The van der Waals surface area contributed by atoms with Crippen LogP contribution in [0.25, 0.3) is 0 Å². The molecule has 0 amide bonds. The van der Waals surface area contributed by atoms with Crippen molar-refractivity contribution in [1.82, 2.24) is 4.98 Å². The summed E-state index contributed by atoms with van der Waals surface area (Å²) in [7, 11) is 0. The maximum atomic E-state index is 9.26. The molecule has 0 spiro atoms. The third kappa shape index (κ3) is 2.83. The van der Waals surface area contributed by atoms with Crippen LogP contribution in [0.4, 0.5) is 11.5 Å². The van der Waals surface area contributed by atoms with Crippen molar-refractivity contribution in [3.8, 4) is 0 Å². The summed E-state index contributed by atoms with van der Waals surface area (Å²) in [4.78, 5) is 4.17. The molecule has 0 bridgehead atoms. The largest absolute Gasteiger partial charge is 0.397 e. The van der Waals surface area contributed by atoms with Gasteiger partial charge in [0.25, 0.3) is 0 Å². The Morgan fingerprint density at radius 1 is 1.60 bits per heavy atom. The minimum atomic E-state index is -0.324. The van der Waals surface area contributed by atoms with E-state index in [1.165, 1.54) is 0 Å². The summed E-state index contributed by atoms with van der Waals surface area (Å²) < 4.78 is 0. The molecule has 1 atom stereocenters. The summed E-state index contributed by atoms with van der Waals surface area (Å²) in [6.07, 6.45) is 2.46. The van der Waals surface area contributed by atoms with Crippen LogP contribution in [0.5, 0.6) is 0 Å². The monoisotopic (exact) mass is 209 g/mol. The van der Waals surface area contributed by atoms with Crippen LogP contribution in [0.2, 0.25) is 0 Å². The van der Waals surface area contributed by atoms with Crippen LogP contribution in [0.15, 0.2) is 12.3 Å². The molecule has 0 aliphatic carbocycles. The molecule has 1 unspecified atom stereocenters. The molecule has 4 heteroatoms. The molecule has 1 heterocycles. The number of rotatable bonds is 4. The summed E-state index contributed by atoms with van der Waals surface area (Å²) >= 11 is 0. The first kappa shape index (κ1) is 11.8. The van der Waals surface area contributed by atoms with Crippen LogP contribution in [0.1, 0.15) is 25.8 Å². The van der Waals surface area contributed by atoms with Crippen molar-refractivity contribution >= 4 is 11.5 Å². The van der Waals surface area contributed by atoms with Crippen molar-refractivity contribution in [3.05, 3.63) is 17.8 Å². The van der Waals surface area contributed by atoms with E-state index in [2.05, 4.69) is 10.3 Å². The quantitative estimate of drug-likeness (QED) is 0.703. The molecule has 4 nitrogen and oxygen atoms in total. The summed E-state index contributed by atoms with van der Waals surface area (Å²) in [5.41, 5.74) is 7.03. The van der Waals surface area contributed by atoms with Gasteiger partial charge in [0.2, 0.25) is 0 Å². The first-order valence-electron chi connectivity index (χ1n) is 5.12. The fourth-order valence-corrected chi connectivity index (χ4v) is 1.18. The fraction of sp³-hybridized carbons (Fsp3) is 0.545. The third-order valence-electron chi connectivity index (χ3n) is 2.71. The van der Waals surface area contributed by atoms with Crippen molar-refractivity contribution in [1.29, 1.82) is 0 Å². The second-order valence-corrected chi connectivity index (χ2v) is 4.12. The van der Waals surface area contributed by atoms with Gasteiger partial charge in [0, 0.05) is 0 Å². The Morgan fingerprint density at radius 2 is 2.27 bits per heavy atom. The molecule has 15 heavy (non-hydrogen) atoms. The topological polar surface area (TPSA) is 71.2 Å². The summed E-state index contributed by atoms with van der Waals surface area (Å²) in [5, 5.41) is 12.5. The number of nitrogen functional groups attached to an aromatic ring is 1. The number of nitrogens with zero attached hydrogens (tertiary/aromatic N) is 1. The average molecular weight is 209 g/mol. The third-order valence-corrected chi connectivity index (χ3v) is 2.71. The molecule has 0 aromatic carbocycles. The van der Waals surface area contributed by atoms with E-state index in [9.17, 15) is 5.11 Å². The molecule has 1 aromatic rings. The highest BCUT2D eigenvalue weighted by Crippen LogP contribution is 2.19. The Labute approximate surface area is 90.5 Å². The highest BCUT2D eigenvalue weighted by atomic mass is 16.3. The predicted octanol–water partition coefficient (Wildman–Crippen LogP) is 1.55. The lowest BCUT2D eigenvalue weighted by molar-refractivity contribution is 0.218. The number of aliphatic hydroxyl groups is 1. The number of aliphatic hydroxyl groups excluding tert-OH is 1. The van der Waals surface area contributed by atoms with Gasteiger partial charge >= 0.3 is 0 Å². The Balaban J connectivity index is 2.85. The van der Waals surface area contributed by atoms with Gasteiger partial charge < -0.3 is 16.2 Å². The van der Waals surface area contributed by atoms with Gasteiger partial charge in [0.05, 0.1) is 24.0 Å². The number of aromatic nitrogens is 1. The minimum absolute atomic E-state index is 0.0780. The van der Waals surface area contributed by atoms with E-state index in [0.29, 0.717) is 5.69 Å². The Hall–Kier alpha value is -1.29. The van der Waals surface area contributed by atoms with E-state index in [1.807, 2.05) is 26.8 Å². The highest BCUT2D eigenvalue weighted by molar-refractivity contribution is 5.51. The van der Waals surface area contributed by atoms with E-state index in [4.69, 9.17) is 5.73 Å². The van der Waals surface area contributed by atoms with Crippen LogP contribution in [0, 0.1) is 6.92 Å². The van der Waals surface area contributed by atoms with E-state index in [0.717, 1.165) is 17.8 Å². The lowest BCUT2D eigenvalue weighted by Gasteiger charge is -2.28. The first-order chi connectivity index (χ1) is 7.00. The summed E-state index contributed by atoms with van der Waals surface area (Å²) in [6, 6.07) is 1.89. The number of aryl methyl sites for hydroxylation is 1. The number of nitrogens with two attached hydrogens (primary N) is 1. The van der Waals surface area contributed by atoms with Crippen molar-refractivity contribution < 1.29 is 5.11 Å². The number of pyridine rings is 1. The van der Waals surface area contributed by atoms with Gasteiger partial charge in [-0.15, -0.1) is 0 Å². The molecule has 0 aliphatic heterocycles. The van der Waals surface area contributed by atoms with Crippen LogP contribution >= 0.6 is 0 Å². The highest BCUT2D eigenvalue weighted by Gasteiger charge is 2.20. The number of hydrogen-bond acceptors (Lipinski definition) is 4.